The van der Waals surface area contributed by atoms with E-state index in [0.717, 1.165) is 6.54 Å². The molecule has 0 aliphatic rings. The van der Waals surface area contributed by atoms with Crippen LogP contribution < -0.4 is 5.32 Å². The van der Waals surface area contributed by atoms with E-state index >= 15 is 0 Å². The van der Waals surface area contributed by atoms with Crippen molar-refractivity contribution in [1.29, 1.82) is 0 Å². The SMILES string of the molecule is CCS(=O)(=O)c1ccccc1NCC(C)(C)SC. The molecule has 0 aliphatic heterocycles. The van der Waals surface area contributed by atoms with Crippen LogP contribution in [0.3, 0.4) is 0 Å². The number of thioether (sulfide) groups is 1. The number of sulfone groups is 1. The molecule has 102 valence electrons. The Morgan fingerprint density at radius 1 is 1.28 bits per heavy atom. The molecule has 0 unspecified atom stereocenters. The largest absolute Gasteiger partial charge is 0.383 e. The van der Waals surface area contributed by atoms with E-state index < -0.39 is 9.84 Å². The summed E-state index contributed by atoms with van der Waals surface area (Å²) in [6, 6.07) is 7.09. The Balaban J connectivity index is 2.98. The lowest BCUT2D eigenvalue weighted by Crippen LogP contribution is -2.26. The molecule has 0 fully saturated rings. The summed E-state index contributed by atoms with van der Waals surface area (Å²) >= 11 is 1.75. The van der Waals surface area contributed by atoms with E-state index in [9.17, 15) is 8.42 Å². The molecule has 1 aromatic carbocycles. The van der Waals surface area contributed by atoms with Gasteiger partial charge in [0.2, 0.25) is 0 Å². The Labute approximate surface area is 114 Å². The van der Waals surface area contributed by atoms with E-state index in [2.05, 4.69) is 25.4 Å². The zero-order valence-corrected chi connectivity index (χ0v) is 13.0. The van der Waals surface area contributed by atoms with Gasteiger partial charge in [-0.2, -0.15) is 11.8 Å². The molecule has 0 spiro atoms. The van der Waals surface area contributed by atoms with Gasteiger partial charge in [-0.15, -0.1) is 0 Å². The molecule has 18 heavy (non-hydrogen) atoms. The minimum Gasteiger partial charge on any atom is -0.383 e. The molecule has 5 heteroatoms. The highest BCUT2D eigenvalue weighted by Crippen LogP contribution is 2.25. The minimum atomic E-state index is -3.17. The fourth-order valence-corrected chi connectivity index (χ4v) is 2.71. The zero-order valence-electron chi connectivity index (χ0n) is 11.4. The van der Waals surface area contributed by atoms with Crippen LogP contribution in [0.4, 0.5) is 5.69 Å². The fraction of sp³-hybridized carbons (Fsp3) is 0.538. The van der Waals surface area contributed by atoms with Crippen LogP contribution in [0.5, 0.6) is 0 Å². The summed E-state index contributed by atoms with van der Waals surface area (Å²) in [5, 5.41) is 3.24. The van der Waals surface area contributed by atoms with Crippen molar-refractivity contribution in [2.75, 3.05) is 23.9 Å². The summed E-state index contributed by atoms with van der Waals surface area (Å²) in [6.45, 7) is 6.64. The van der Waals surface area contributed by atoms with Gasteiger partial charge < -0.3 is 5.32 Å². The first-order chi connectivity index (χ1) is 8.32. The monoisotopic (exact) mass is 287 g/mol. The molecular weight excluding hydrogens is 266 g/mol. The molecule has 0 amide bonds. The molecule has 3 nitrogen and oxygen atoms in total. The van der Waals surface area contributed by atoms with E-state index in [-0.39, 0.29) is 10.5 Å². The van der Waals surface area contributed by atoms with Crippen LogP contribution in [0, 0.1) is 0 Å². The smallest absolute Gasteiger partial charge is 0.180 e. The summed E-state index contributed by atoms with van der Waals surface area (Å²) in [7, 11) is -3.17. The number of para-hydroxylation sites is 1. The predicted molar refractivity (Wildman–Crippen MR) is 80.3 cm³/mol. The lowest BCUT2D eigenvalue weighted by Gasteiger charge is -2.23. The Hall–Kier alpha value is -0.680. The van der Waals surface area contributed by atoms with Crippen molar-refractivity contribution in [2.45, 2.75) is 30.4 Å². The van der Waals surface area contributed by atoms with E-state index in [1.54, 1.807) is 30.8 Å². The first-order valence-corrected chi connectivity index (χ1v) is 8.81. The van der Waals surface area contributed by atoms with Gasteiger partial charge in [-0.3, -0.25) is 0 Å². The standard InChI is InChI=1S/C13H21NO2S2/c1-5-18(15,16)12-9-7-6-8-11(12)14-10-13(2,3)17-4/h6-9,14H,5,10H2,1-4H3. The molecule has 0 saturated carbocycles. The van der Waals surface area contributed by atoms with E-state index in [0.29, 0.717) is 10.6 Å². The molecule has 0 saturated heterocycles. The van der Waals surface area contributed by atoms with Gasteiger partial charge in [0.05, 0.1) is 16.3 Å². The summed E-state index contributed by atoms with van der Waals surface area (Å²) in [5.74, 6) is 0.123. The molecular formula is C13H21NO2S2. The van der Waals surface area contributed by atoms with Gasteiger partial charge in [0.25, 0.3) is 0 Å². The quantitative estimate of drug-likeness (QED) is 0.873. The highest BCUT2D eigenvalue weighted by atomic mass is 32.2. The average Bonchev–Trinajstić information content (AvgIpc) is 2.37. The van der Waals surface area contributed by atoms with E-state index in [1.165, 1.54) is 0 Å². The van der Waals surface area contributed by atoms with Gasteiger partial charge in [-0.25, -0.2) is 8.42 Å². The van der Waals surface area contributed by atoms with Gasteiger partial charge in [-0.05, 0) is 32.2 Å². The number of hydrogen-bond acceptors (Lipinski definition) is 4. The van der Waals surface area contributed by atoms with Crippen molar-refractivity contribution in [3.8, 4) is 0 Å². The van der Waals surface area contributed by atoms with Gasteiger partial charge in [0, 0.05) is 11.3 Å². The highest BCUT2D eigenvalue weighted by molar-refractivity contribution is 8.00. The van der Waals surface area contributed by atoms with Crippen molar-refractivity contribution in [1.82, 2.24) is 0 Å². The number of rotatable bonds is 6. The number of anilines is 1. The molecule has 1 aromatic rings. The normalized spacial score (nSPS) is 12.4. The zero-order chi connectivity index (χ0) is 13.8. The molecule has 0 bridgehead atoms. The van der Waals surface area contributed by atoms with Crippen molar-refractivity contribution >= 4 is 27.3 Å². The number of benzene rings is 1. The first kappa shape index (κ1) is 15.4. The number of nitrogens with one attached hydrogen (secondary N) is 1. The first-order valence-electron chi connectivity index (χ1n) is 5.93. The molecule has 1 rings (SSSR count). The summed E-state index contributed by atoms with van der Waals surface area (Å²) in [6.07, 6.45) is 2.05. The Kier molecular flexibility index (Phi) is 5.10. The van der Waals surface area contributed by atoms with Crippen molar-refractivity contribution in [2.24, 2.45) is 0 Å². The second kappa shape index (κ2) is 5.97. The Morgan fingerprint density at radius 2 is 1.89 bits per heavy atom. The van der Waals surface area contributed by atoms with E-state index in [4.69, 9.17) is 0 Å². The Morgan fingerprint density at radius 3 is 2.44 bits per heavy atom. The van der Waals surface area contributed by atoms with Crippen LogP contribution in [-0.2, 0) is 9.84 Å². The van der Waals surface area contributed by atoms with Crippen LogP contribution in [0.15, 0.2) is 29.2 Å². The molecule has 0 radical (unpaired) electrons. The van der Waals surface area contributed by atoms with Gasteiger partial charge in [0.1, 0.15) is 0 Å². The van der Waals surface area contributed by atoms with Gasteiger partial charge in [0.15, 0.2) is 9.84 Å². The summed E-state index contributed by atoms with van der Waals surface area (Å²) < 4.78 is 24.0. The lowest BCUT2D eigenvalue weighted by molar-refractivity contribution is 0.597. The van der Waals surface area contributed by atoms with Crippen molar-refractivity contribution in [3.63, 3.8) is 0 Å². The van der Waals surface area contributed by atoms with Gasteiger partial charge >= 0.3 is 0 Å². The second-order valence-electron chi connectivity index (χ2n) is 4.72. The summed E-state index contributed by atoms with van der Waals surface area (Å²) in [5.41, 5.74) is 0.696. The maximum absolute atomic E-state index is 12.0. The second-order valence-corrected chi connectivity index (χ2v) is 8.48. The third-order valence-electron chi connectivity index (χ3n) is 2.86. The molecule has 0 heterocycles. The van der Waals surface area contributed by atoms with Crippen LogP contribution in [0.2, 0.25) is 0 Å². The molecule has 1 N–H and O–H groups in total. The number of hydrogen-bond donors (Lipinski definition) is 1. The predicted octanol–water partition coefficient (Wildman–Crippen LogP) is 3.03. The maximum Gasteiger partial charge on any atom is 0.180 e. The lowest BCUT2D eigenvalue weighted by atomic mass is 10.2. The van der Waals surface area contributed by atoms with Crippen molar-refractivity contribution < 1.29 is 8.42 Å². The molecule has 0 aromatic heterocycles. The van der Waals surface area contributed by atoms with Crippen LogP contribution in [0.1, 0.15) is 20.8 Å². The van der Waals surface area contributed by atoms with Gasteiger partial charge in [-0.1, -0.05) is 19.1 Å². The van der Waals surface area contributed by atoms with Crippen molar-refractivity contribution in [3.05, 3.63) is 24.3 Å². The van der Waals surface area contributed by atoms with Crippen LogP contribution in [0.25, 0.3) is 0 Å². The molecule has 0 atom stereocenters. The van der Waals surface area contributed by atoms with E-state index in [1.807, 2.05) is 12.1 Å². The van der Waals surface area contributed by atoms with Crippen LogP contribution in [-0.4, -0.2) is 31.7 Å². The third kappa shape index (κ3) is 3.92. The third-order valence-corrected chi connectivity index (χ3v) is 5.90. The average molecular weight is 287 g/mol. The highest BCUT2D eigenvalue weighted by Gasteiger charge is 2.19. The van der Waals surface area contributed by atoms with Crippen LogP contribution >= 0.6 is 11.8 Å². The molecule has 0 aliphatic carbocycles. The summed E-state index contributed by atoms with van der Waals surface area (Å²) in [4.78, 5) is 0.393. The topological polar surface area (TPSA) is 46.2 Å². The minimum absolute atomic E-state index is 0.0725. The fourth-order valence-electron chi connectivity index (χ4n) is 1.42. The maximum atomic E-state index is 12.0. The Bertz CT molecular complexity index is 495.